The summed E-state index contributed by atoms with van der Waals surface area (Å²) in [5.74, 6) is 0.525. The van der Waals surface area contributed by atoms with E-state index in [4.69, 9.17) is 0 Å². The first-order valence-electron chi connectivity index (χ1n) is 4.84. The molecule has 1 aliphatic rings. The zero-order valence-electron chi connectivity index (χ0n) is 7.99. The molecule has 0 aromatic heterocycles. The molecule has 0 saturated carbocycles. The van der Waals surface area contributed by atoms with Crippen molar-refractivity contribution in [2.45, 2.75) is 6.54 Å². The predicted octanol–water partition coefficient (Wildman–Crippen LogP) is 1.79. The Bertz CT molecular complexity index is 310. The molecule has 0 aliphatic carbocycles. The van der Waals surface area contributed by atoms with E-state index in [1.807, 2.05) is 12.1 Å². The number of nitrogens with zero attached hydrogens (tertiary/aromatic N) is 1. The molecule has 1 N–H and O–H groups in total. The van der Waals surface area contributed by atoms with Gasteiger partial charge in [0.25, 0.3) is 0 Å². The van der Waals surface area contributed by atoms with E-state index in [-0.39, 0.29) is 12.6 Å². The number of likely N-dealkylation sites (tertiary alicyclic amines) is 1. The molecule has 1 saturated heterocycles. The van der Waals surface area contributed by atoms with Crippen molar-refractivity contribution in [3.63, 3.8) is 0 Å². The van der Waals surface area contributed by atoms with Crippen LogP contribution in [0.3, 0.4) is 0 Å². The van der Waals surface area contributed by atoms with Crippen molar-refractivity contribution in [3.05, 3.63) is 29.8 Å². The normalized spacial score (nSPS) is 18.1. The molecule has 76 valence electrons. The van der Waals surface area contributed by atoms with E-state index in [2.05, 4.69) is 4.90 Å². The van der Waals surface area contributed by atoms with E-state index >= 15 is 0 Å². The van der Waals surface area contributed by atoms with Gasteiger partial charge >= 0.3 is 0 Å². The maximum atomic E-state index is 12.1. The lowest BCUT2D eigenvalue weighted by Crippen LogP contribution is -2.46. The van der Waals surface area contributed by atoms with Gasteiger partial charge < -0.3 is 5.11 Å². The van der Waals surface area contributed by atoms with Crippen molar-refractivity contribution in [1.82, 2.24) is 4.90 Å². The summed E-state index contributed by atoms with van der Waals surface area (Å²) in [4.78, 5) is 2.18. The summed E-state index contributed by atoms with van der Waals surface area (Å²) in [5, 5.41) is 9.24. The Hall–Kier alpha value is -1.09. The average Bonchev–Trinajstić information content (AvgIpc) is 2.10. The second-order valence-corrected chi connectivity index (χ2v) is 3.88. The van der Waals surface area contributed by atoms with E-state index in [1.165, 1.54) is 0 Å². The van der Waals surface area contributed by atoms with Gasteiger partial charge in [0.15, 0.2) is 0 Å². The third-order valence-corrected chi connectivity index (χ3v) is 2.57. The summed E-state index contributed by atoms with van der Waals surface area (Å²) in [6.07, 6.45) is 0. The molecule has 1 aromatic carbocycles. The highest BCUT2D eigenvalue weighted by atomic mass is 19.1. The molecular formula is C11H14FNO. The van der Waals surface area contributed by atoms with Gasteiger partial charge in [-0.3, -0.25) is 9.29 Å². The summed E-state index contributed by atoms with van der Waals surface area (Å²) in [6, 6.07) is 7.21. The number of phenolic OH excluding ortho intramolecular Hbond substituents is 1. The lowest BCUT2D eigenvalue weighted by atomic mass is 10.0. The van der Waals surface area contributed by atoms with Gasteiger partial charge in [0.2, 0.25) is 0 Å². The molecule has 0 bridgehead atoms. The highest BCUT2D eigenvalue weighted by molar-refractivity contribution is 5.27. The maximum Gasteiger partial charge on any atom is 0.115 e. The third-order valence-electron chi connectivity index (χ3n) is 2.57. The molecule has 0 atom stereocenters. The van der Waals surface area contributed by atoms with Gasteiger partial charge in [0.05, 0.1) is 6.67 Å². The Balaban J connectivity index is 1.87. The smallest absolute Gasteiger partial charge is 0.115 e. The number of hydrogen-bond donors (Lipinski definition) is 1. The second kappa shape index (κ2) is 3.96. The van der Waals surface area contributed by atoms with Gasteiger partial charge in [0, 0.05) is 25.6 Å². The first kappa shape index (κ1) is 9.46. The van der Waals surface area contributed by atoms with Gasteiger partial charge in [-0.05, 0) is 17.7 Å². The fourth-order valence-electron chi connectivity index (χ4n) is 1.82. The second-order valence-electron chi connectivity index (χ2n) is 3.88. The fraction of sp³-hybridized carbons (Fsp3) is 0.455. The van der Waals surface area contributed by atoms with Crippen LogP contribution in [0.15, 0.2) is 24.3 Å². The Morgan fingerprint density at radius 2 is 2.21 bits per heavy atom. The lowest BCUT2D eigenvalue weighted by Gasteiger charge is -2.37. The van der Waals surface area contributed by atoms with E-state index in [1.54, 1.807) is 12.1 Å². The summed E-state index contributed by atoms with van der Waals surface area (Å²) in [7, 11) is 0. The zero-order valence-corrected chi connectivity index (χ0v) is 7.99. The van der Waals surface area contributed by atoms with Crippen molar-refractivity contribution in [3.8, 4) is 5.75 Å². The molecule has 3 heteroatoms. The molecule has 1 heterocycles. The van der Waals surface area contributed by atoms with Crippen molar-refractivity contribution in [2.24, 2.45) is 5.92 Å². The van der Waals surface area contributed by atoms with Crippen molar-refractivity contribution in [2.75, 3.05) is 19.8 Å². The topological polar surface area (TPSA) is 23.5 Å². The van der Waals surface area contributed by atoms with Crippen LogP contribution in [0.25, 0.3) is 0 Å². The Kier molecular flexibility index (Phi) is 2.68. The number of aromatic hydroxyl groups is 1. The van der Waals surface area contributed by atoms with Crippen LogP contribution < -0.4 is 0 Å². The van der Waals surface area contributed by atoms with Gasteiger partial charge in [-0.1, -0.05) is 12.1 Å². The standard InChI is InChI=1S/C11H14FNO/c12-5-10-7-13(8-10)6-9-2-1-3-11(14)4-9/h1-4,10,14H,5-8H2. The Labute approximate surface area is 83.0 Å². The summed E-state index contributed by atoms with van der Waals surface area (Å²) >= 11 is 0. The van der Waals surface area contributed by atoms with Crippen molar-refractivity contribution in [1.29, 1.82) is 0 Å². The van der Waals surface area contributed by atoms with Crippen molar-refractivity contribution >= 4 is 0 Å². The third kappa shape index (κ3) is 2.04. The number of phenols is 1. The first-order valence-corrected chi connectivity index (χ1v) is 4.84. The van der Waals surface area contributed by atoms with Crippen molar-refractivity contribution < 1.29 is 9.50 Å². The molecule has 0 spiro atoms. The summed E-state index contributed by atoms with van der Waals surface area (Å²) in [6.45, 7) is 2.28. The number of alkyl halides is 1. The van der Waals surface area contributed by atoms with E-state index < -0.39 is 0 Å². The summed E-state index contributed by atoms with van der Waals surface area (Å²) < 4.78 is 12.1. The molecule has 0 amide bonds. The largest absolute Gasteiger partial charge is 0.508 e. The van der Waals surface area contributed by atoms with Crippen LogP contribution in [0, 0.1) is 5.92 Å². The molecule has 1 fully saturated rings. The van der Waals surface area contributed by atoms with Gasteiger partial charge in [-0.15, -0.1) is 0 Å². The SMILES string of the molecule is Oc1cccc(CN2CC(CF)C2)c1. The Morgan fingerprint density at radius 3 is 2.86 bits per heavy atom. The van der Waals surface area contributed by atoms with Crippen LogP contribution in [0.4, 0.5) is 4.39 Å². The van der Waals surface area contributed by atoms with E-state index in [0.29, 0.717) is 5.75 Å². The maximum absolute atomic E-state index is 12.1. The number of halogens is 1. The van der Waals surface area contributed by atoms with E-state index in [9.17, 15) is 9.50 Å². The van der Waals surface area contributed by atoms with Gasteiger partial charge in [0.1, 0.15) is 5.75 Å². The monoisotopic (exact) mass is 195 g/mol. The highest BCUT2D eigenvalue weighted by Gasteiger charge is 2.25. The lowest BCUT2D eigenvalue weighted by molar-refractivity contribution is 0.0737. The summed E-state index contributed by atoms with van der Waals surface area (Å²) in [5.41, 5.74) is 1.09. The number of benzene rings is 1. The average molecular weight is 195 g/mol. The minimum absolute atomic E-state index is 0.212. The molecule has 0 unspecified atom stereocenters. The predicted molar refractivity (Wildman–Crippen MR) is 52.8 cm³/mol. The van der Waals surface area contributed by atoms with Gasteiger partial charge in [-0.25, -0.2) is 0 Å². The van der Waals surface area contributed by atoms with Gasteiger partial charge in [-0.2, -0.15) is 0 Å². The Morgan fingerprint density at radius 1 is 1.43 bits per heavy atom. The fourth-order valence-corrected chi connectivity index (χ4v) is 1.82. The molecule has 0 radical (unpaired) electrons. The van der Waals surface area contributed by atoms with Crippen LogP contribution in [-0.2, 0) is 6.54 Å². The number of rotatable bonds is 3. The van der Waals surface area contributed by atoms with Crippen LogP contribution in [0.5, 0.6) is 5.75 Å². The minimum atomic E-state index is -0.212. The van der Waals surface area contributed by atoms with Crippen LogP contribution in [0.2, 0.25) is 0 Å². The molecule has 14 heavy (non-hydrogen) atoms. The van der Waals surface area contributed by atoms with Crippen LogP contribution in [0.1, 0.15) is 5.56 Å². The van der Waals surface area contributed by atoms with Crippen LogP contribution >= 0.6 is 0 Å². The zero-order chi connectivity index (χ0) is 9.97. The minimum Gasteiger partial charge on any atom is -0.508 e. The molecule has 1 aliphatic heterocycles. The first-order chi connectivity index (χ1) is 6.78. The molecule has 2 nitrogen and oxygen atoms in total. The molecule has 1 aromatic rings. The highest BCUT2D eigenvalue weighted by Crippen LogP contribution is 2.20. The number of hydrogen-bond acceptors (Lipinski definition) is 2. The molecule has 2 rings (SSSR count). The quantitative estimate of drug-likeness (QED) is 0.794. The molecular weight excluding hydrogens is 181 g/mol. The van der Waals surface area contributed by atoms with E-state index in [0.717, 1.165) is 25.2 Å². The van der Waals surface area contributed by atoms with Crippen LogP contribution in [-0.4, -0.2) is 29.8 Å².